The molecule has 0 aliphatic rings. The molecule has 0 saturated heterocycles. The zero-order chi connectivity index (χ0) is 15.5. The molecule has 5 nitrogen and oxygen atoms in total. The lowest BCUT2D eigenvalue weighted by Crippen LogP contribution is -2.31. The molecule has 0 unspecified atom stereocenters. The summed E-state index contributed by atoms with van der Waals surface area (Å²) in [6, 6.07) is 9.63. The quantitative estimate of drug-likeness (QED) is 0.852. The summed E-state index contributed by atoms with van der Waals surface area (Å²) >= 11 is 4.89. The molecule has 7 heteroatoms. The van der Waals surface area contributed by atoms with E-state index in [4.69, 9.17) is 18.0 Å². The Balaban J connectivity index is 2.50. The van der Waals surface area contributed by atoms with Gasteiger partial charge in [0.2, 0.25) is 0 Å². The number of hydrogen-bond acceptors (Lipinski definition) is 4. The number of nitrogens with zero attached hydrogens (tertiary/aromatic N) is 2. The summed E-state index contributed by atoms with van der Waals surface area (Å²) in [5.74, 6) is 0. The van der Waals surface area contributed by atoms with Gasteiger partial charge in [-0.3, -0.25) is 9.29 Å². The van der Waals surface area contributed by atoms with Gasteiger partial charge < -0.3 is 5.73 Å². The fraction of sp³-hybridized carbons (Fsp3) is 0.143. The highest BCUT2D eigenvalue weighted by Gasteiger charge is 2.23. The van der Waals surface area contributed by atoms with Crippen molar-refractivity contribution < 1.29 is 8.42 Å². The number of aromatic nitrogens is 1. The number of sulfonamides is 1. The van der Waals surface area contributed by atoms with Crippen molar-refractivity contribution in [2.24, 2.45) is 5.73 Å². The van der Waals surface area contributed by atoms with E-state index in [1.165, 1.54) is 16.4 Å². The van der Waals surface area contributed by atoms with Crippen molar-refractivity contribution in [3.8, 4) is 0 Å². The Labute approximate surface area is 129 Å². The first-order valence-corrected chi connectivity index (χ1v) is 8.14. The summed E-state index contributed by atoms with van der Waals surface area (Å²) in [5.41, 5.74) is 6.65. The smallest absolute Gasteiger partial charge is 0.264 e. The first-order chi connectivity index (χ1) is 9.96. The minimum atomic E-state index is -3.67. The molecule has 0 bridgehead atoms. The van der Waals surface area contributed by atoms with Crippen LogP contribution in [0.15, 0.2) is 53.7 Å². The van der Waals surface area contributed by atoms with Crippen molar-refractivity contribution in [3.63, 3.8) is 0 Å². The van der Waals surface area contributed by atoms with Crippen LogP contribution in [0.3, 0.4) is 0 Å². The van der Waals surface area contributed by atoms with E-state index >= 15 is 0 Å². The van der Waals surface area contributed by atoms with Gasteiger partial charge in [-0.1, -0.05) is 24.4 Å². The third kappa shape index (κ3) is 3.20. The molecule has 1 aromatic carbocycles. The number of anilines is 1. The van der Waals surface area contributed by atoms with Gasteiger partial charge in [0.05, 0.1) is 10.6 Å². The van der Waals surface area contributed by atoms with Gasteiger partial charge >= 0.3 is 0 Å². The van der Waals surface area contributed by atoms with Crippen molar-refractivity contribution in [1.82, 2.24) is 4.98 Å². The van der Waals surface area contributed by atoms with Gasteiger partial charge in [-0.05, 0) is 31.2 Å². The van der Waals surface area contributed by atoms with Crippen molar-refractivity contribution in [1.29, 1.82) is 0 Å². The lowest BCUT2D eigenvalue weighted by Gasteiger charge is -2.22. The number of hydrogen-bond donors (Lipinski definition) is 1. The average Bonchev–Trinajstić information content (AvgIpc) is 2.49. The van der Waals surface area contributed by atoms with Crippen LogP contribution in [-0.2, 0) is 10.0 Å². The molecule has 0 radical (unpaired) electrons. The largest absolute Gasteiger partial charge is 0.389 e. The number of benzene rings is 1. The summed E-state index contributed by atoms with van der Waals surface area (Å²) in [7, 11) is -3.67. The minimum Gasteiger partial charge on any atom is -0.389 e. The average molecular weight is 321 g/mol. The van der Waals surface area contributed by atoms with E-state index < -0.39 is 10.0 Å². The van der Waals surface area contributed by atoms with Crippen LogP contribution >= 0.6 is 12.2 Å². The second-order valence-electron chi connectivity index (χ2n) is 4.27. The molecule has 0 aliphatic heterocycles. The van der Waals surface area contributed by atoms with Gasteiger partial charge in [0.1, 0.15) is 4.99 Å². The molecule has 1 aromatic heterocycles. The van der Waals surface area contributed by atoms with Crippen molar-refractivity contribution in [2.75, 3.05) is 10.8 Å². The Kier molecular flexibility index (Phi) is 4.54. The van der Waals surface area contributed by atoms with E-state index in [1.807, 2.05) is 0 Å². The second-order valence-corrected chi connectivity index (χ2v) is 6.57. The van der Waals surface area contributed by atoms with Crippen molar-refractivity contribution >= 4 is 32.9 Å². The molecule has 2 rings (SSSR count). The first-order valence-electron chi connectivity index (χ1n) is 6.29. The molecule has 0 aliphatic carbocycles. The van der Waals surface area contributed by atoms with E-state index in [2.05, 4.69) is 4.98 Å². The van der Waals surface area contributed by atoms with Crippen LogP contribution in [0, 0.1) is 0 Å². The molecule has 0 atom stereocenters. The molecule has 21 heavy (non-hydrogen) atoms. The van der Waals surface area contributed by atoms with Crippen molar-refractivity contribution in [3.05, 3.63) is 54.4 Å². The minimum absolute atomic E-state index is 0.159. The first kappa shape index (κ1) is 15.4. The van der Waals surface area contributed by atoms with Crippen LogP contribution in [0.1, 0.15) is 12.5 Å². The van der Waals surface area contributed by atoms with E-state index in [-0.39, 0.29) is 9.88 Å². The molecule has 110 valence electrons. The predicted molar refractivity (Wildman–Crippen MR) is 86.8 cm³/mol. The lowest BCUT2D eigenvalue weighted by atomic mass is 10.2. The number of rotatable bonds is 5. The van der Waals surface area contributed by atoms with Crippen LogP contribution in [-0.4, -0.2) is 24.9 Å². The number of pyridine rings is 1. The van der Waals surface area contributed by atoms with E-state index in [0.29, 0.717) is 17.8 Å². The van der Waals surface area contributed by atoms with Gasteiger partial charge in [0, 0.05) is 24.5 Å². The molecule has 1 heterocycles. The highest BCUT2D eigenvalue weighted by Crippen LogP contribution is 2.23. The zero-order valence-corrected chi connectivity index (χ0v) is 13.1. The van der Waals surface area contributed by atoms with E-state index in [9.17, 15) is 8.42 Å². The molecule has 0 spiro atoms. The molecule has 0 amide bonds. The Morgan fingerprint density at radius 1 is 1.29 bits per heavy atom. The predicted octanol–water partition coefficient (Wildman–Crippen LogP) is 1.93. The molecular formula is C14H15N3O2S2. The van der Waals surface area contributed by atoms with E-state index in [1.54, 1.807) is 43.6 Å². The van der Waals surface area contributed by atoms with Gasteiger partial charge in [0.15, 0.2) is 0 Å². The third-order valence-corrected chi connectivity index (χ3v) is 5.08. The maximum atomic E-state index is 12.8. The maximum Gasteiger partial charge on any atom is 0.264 e. The number of nitrogens with two attached hydrogens (primary N) is 1. The SMILES string of the molecule is CCN(c1ccncc1)S(=O)(=O)c1cccc(C(N)=S)c1. The monoisotopic (exact) mass is 321 g/mol. The van der Waals surface area contributed by atoms with Crippen LogP contribution in [0.2, 0.25) is 0 Å². The van der Waals surface area contributed by atoms with Crippen LogP contribution in [0.5, 0.6) is 0 Å². The topological polar surface area (TPSA) is 76.3 Å². The Bertz CT molecular complexity index is 746. The highest BCUT2D eigenvalue weighted by molar-refractivity contribution is 7.92. The second kappa shape index (κ2) is 6.19. The number of thiocarbonyl (C=S) groups is 1. The van der Waals surface area contributed by atoms with Crippen LogP contribution < -0.4 is 10.0 Å². The lowest BCUT2D eigenvalue weighted by molar-refractivity contribution is 0.592. The van der Waals surface area contributed by atoms with Gasteiger partial charge in [0.25, 0.3) is 10.0 Å². The molecule has 0 fully saturated rings. The Morgan fingerprint density at radius 2 is 1.95 bits per heavy atom. The third-order valence-electron chi connectivity index (χ3n) is 2.94. The normalized spacial score (nSPS) is 11.1. The fourth-order valence-electron chi connectivity index (χ4n) is 1.94. The summed E-state index contributed by atoms with van der Waals surface area (Å²) in [4.78, 5) is 4.22. The maximum absolute atomic E-state index is 12.8. The van der Waals surface area contributed by atoms with Crippen LogP contribution in [0.4, 0.5) is 5.69 Å². The van der Waals surface area contributed by atoms with Gasteiger partial charge in [-0.2, -0.15) is 0 Å². The summed E-state index contributed by atoms with van der Waals surface area (Å²) in [5, 5.41) is 0. The molecular weight excluding hydrogens is 306 g/mol. The van der Waals surface area contributed by atoms with Crippen LogP contribution in [0.25, 0.3) is 0 Å². The fourth-order valence-corrected chi connectivity index (χ4v) is 3.59. The Hall–Kier alpha value is -1.99. The molecule has 2 aromatic rings. The van der Waals surface area contributed by atoms with E-state index in [0.717, 1.165) is 0 Å². The summed E-state index contributed by atoms with van der Waals surface area (Å²) in [6.45, 7) is 2.08. The standard InChI is InChI=1S/C14H15N3O2S2/c1-2-17(12-6-8-16-9-7-12)21(18,19)13-5-3-4-11(10-13)14(15)20/h3-10H,2H2,1H3,(H2,15,20). The van der Waals surface area contributed by atoms with Crippen molar-refractivity contribution in [2.45, 2.75) is 11.8 Å². The molecule has 0 saturated carbocycles. The zero-order valence-electron chi connectivity index (χ0n) is 11.4. The molecule has 2 N–H and O–H groups in total. The highest BCUT2D eigenvalue weighted by atomic mass is 32.2. The Morgan fingerprint density at radius 3 is 2.52 bits per heavy atom. The van der Waals surface area contributed by atoms with Gasteiger partial charge in [-0.15, -0.1) is 0 Å². The van der Waals surface area contributed by atoms with Gasteiger partial charge in [-0.25, -0.2) is 8.42 Å². The summed E-state index contributed by atoms with van der Waals surface area (Å²) in [6.07, 6.45) is 3.11. The summed E-state index contributed by atoms with van der Waals surface area (Å²) < 4.78 is 26.8.